The number of methoxy groups -OCH3 is 2. The standard InChI is InChI=1S/C11H17NO3S/c1-13-9-5-8(7-12-15-3)11(16-4)6-10(9)14-2/h5-6,12H,7H2,1-4H3. The molecule has 0 unspecified atom stereocenters. The Morgan fingerprint density at radius 3 is 2.25 bits per heavy atom. The molecular formula is C11H17NO3S. The first-order chi connectivity index (χ1) is 7.76. The minimum absolute atomic E-state index is 0.632. The highest BCUT2D eigenvalue weighted by Gasteiger charge is 2.10. The Hall–Kier alpha value is -0.910. The fraction of sp³-hybridized carbons (Fsp3) is 0.455. The predicted molar refractivity (Wildman–Crippen MR) is 65.2 cm³/mol. The summed E-state index contributed by atoms with van der Waals surface area (Å²) >= 11 is 1.66. The first-order valence-electron chi connectivity index (χ1n) is 4.81. The van der Waals surface area contributed by atoms with Gasteiger partial charge in [-0.15, -0.1) is 11.8 Å². The van der Waals surface area contributed by atoms with Crippen LogP contribution in [0, 0.1) is 0 Å². The molecule has 1 aromatic carbocycles. The highest BCUT2D eigenvalue weighted by molar-refractivity contribution is 7.98. The van der Waals surface area contributed by atoms with Crippen LogP contribution in [0.3, 0.4) is 0 Å². The number of nitrogens with one attached hydrogen (secondary N) is 1. The van der Waals surface area contributed by atoms with Crippen LogP contribution < -0.4 is 15.0 Å². The quantitative estimate of drug-likeness (QED) is 0.612. The molecule has 90 valence electrons. The van der Waals surface area contributed by atoms with Crippen molar-refractivity contribution in [1.82, 2.24) is 5.48 Å². The summed E-state index contributed by atoms with van der Waals surface area (Å²) in [5.74, 6) is 1.47. The highest BCUT2D eigenvalue weighted by atomic mass is 32.2. The molecule has 5 heteroatoms. The zero-order valence-corrected chi connectivity index (χ0v) is 10.8. The lowest BCUT2D eigenvalue weighted by Gasteiger charge is -2.13. The monoisotopic (exact) mass is 243 g/mol. The van der Waals surface area contributed by atoms with Gasteiger partial charge in [0, 0.05) is 11.4 Å². The second-order valence-electron chi connectivity index (χ2n) is 3.04. The van der Waals surface area contributed by atoms with Crippen molar-refractivity contribution in [2.45, 2.75) is 11.4 Å². The molecule has 0 bridgehead atoms. The van der Waals surface area contributed by atoms with Gasteiger partial charge < -0.3 is 14.3 Å². The number of thioether (sulfide) groups is 1. The van der Waals surface area contributed by atoms with Gasteiger partial charge in [-0.05, 0) is 24.0 Å². The van der Waals surface area contributed by atoms with Crippen LogP contribution in [-0.4, -0.2) is 27.6 Å². The number of ether oxygens (including phenoxy) is 2. The fourth-order valence-corrected chi connectivity index (χ4v) is 2.00. The Kier molecular flexibility index (Phi) is 5.45. The minimum Gasteiger partial charge on any atom is -0.493 e. The van der Waals surface area contributed by atoms with E-state index in [1.165, 1.54) is 0 Å². The van der Waals surface area contributed by atoms with Gasteiger partial charge in [0.1, 0.15) is 0 Å². The summed E-state index contributed by atoms with van der Waals surface area (Å²) in [6.45, 7) is 0.632. The van der Waals surface area contributed by atoms with Crippen LogP contribution in [0.25, 0.3) is 0 Å². The van der Waals surface area contributed by atoms with Gasteiger partial charge in [-0.1, -0.05) is 0 Å². The Morgan fingerprint density at radius 1 is 1.12 bits per heavy atom. The normalized spacial score (nSPS) is 10.2. The zero-order chi connectivity index (χ0) is 12.0. The molecule has 0 saturated carbocycles. The first kappa shape index (κ1) is 13.2. The van der Waals surface area contributed by atoms with Crippen molar-refractivity contribution in [3.8, 4) is 11.5 Å². The van der Waals surface area contributed by atoms with Crippen molar-refractivity contribution < 1.29 is 14.3 Å². The molecule has 0 amide bonds. The zero-order valence-electron chi connectivity index (χ0n) is 9.99. The minimum atomic E-state index is 0.632. The third-order valence-corrected chi connectivity index (χ3v) is 3.01. The maximum absolute atomic E-state index is 5.25. The van der Waals surface area contributed by atoms with Crippen LogP contribution >= 0.6 is 11.8 Å². The van der Waals surface area contributed by atoms with E-state index in [9.17, 15) is 0 Å². The van der Waals surface area contributed by atoms with Crippen LogP contribution in [0.15, 0.2) is 17.0 Å². The molecule has 0 aliphatic rings. The van der Waals surface area contributed by atoms with Crippen LogP contribution in [0.4, 0.5) is 0 Å². The first-order valence-corrected chi connectivity index (χ1v) is 6.04. The Balaban J connectivity index is 3.05. The molecule has 16 heavy (non-hydrogen) atoms. The third-order valence-electron chi connectivity index (χ3n) is 2.19. The number of rotatable bonds is 6. The predicted octanol–water partition coefficient (Wildman–Crippen LogP) is 2.08. The van der Waals surface area contributed by atoms with E-state index in [0.29, 0.717) is 6.54 Å². The van der Waals surface area contributed by atoms with Crippen LogP contribution in [0.1, 0.15) is 5.56 Å². The summed E-state index contributed by atoms with van der Waals surface area (Å²) in [7, 11) is 4.86. The lowest BCUT2D eigenvalue weighted by atomic mass is 10.2. The molecule has 1 rings (SSSR count). The lowest BCUT2D eigenvalue weighted by Crippen LogP contribution is -2.11. The summed E-state index contributed by atoms with van der Waals surface area (Å²) < 4.78 is 10.5. The Labute approximate surface area is 100 Å². The smallest absolute Gasteiger partial charge is 0.161 e. The van der Waals surface area contributed by atoms with Crippen LogP contribution in [0.5, 0.6) is 11.5 Å². The average molecular weight is 243 g/mol. The van der Waals surface area contributed by atoms with E-state index in [0.717, 1.165) is 22.0 Å². The molecule has 0 fully saturated rings. The molecular weight excluding hydrogens is 226 g/mol. The molecule has 0 saturated heterocycles. The van der Waals surface area contributed by atoms with Crippen molar-refractivity contribution in [3.05, 3.63) is 17.7 Å². The average Bonchev–Trinajstić information content (AvgIpc) is 2.35. The number of hydrogen-bond acceptors (Lipinski definition) is 5. The molecule has 1 aromatic rings. The summed E-state index contributed by atoms with van der Waals surface area (Å²) in [4.78, 5) is 5.98. The second-order valence-corrected chi connectivity index (χ2v) is 3.89. The summed E-state index contributed by atoms with van der Waals surface area (Å²) in [6, 6.07) is 3.92. The molecule has 4 nitrogen and oxygen atoms in total. The molecule has 0 aliphatic carbocycles. The second kappa shape index (κ2) is 6.62. The van der Waals surface area contributed by atoms with E-state index in [-0.39, 0.29) is 0 Å². The van der Waals surface area contributed by atoms with Gasteiger partial charge in [0.25, 0.3) is 0 Å². The van der Waals surface area contributed by atoms with Gasteiger partial charge in [-0.3, -0.25) is 0 Å². The highest BCUT2D eigenvalue weighted by Crippen LogP contribution is 2.34. The Bertz CT molecular complexity index is 344. The largest absolute Gasteiger partial charge is 0.493 e. The molecule has 0 aliphatic heterocycles. The van der Waals surface area contributed by atoms with Gasteiger partial charge in [0.2, 0.25) is 0 Å². The van der Waals surface area contributed by atoms with Crippen molar-refractivity contribution in [1.29, 1.82) is 0 Å². The SMILES string of the molecule is CONCc1cc(OC)c(OC)cc1SC. The van der Waals surface area contributed by atoms with Crippen molar-refractivity contribution in [3.63, 3.8) is 0 Å². The molecule has 0 aromatic heterocycles. The maximum atomic E-state index is 5.25. The van der Waals surface area contributed by atoms with Crippen molar-refractivity contribution in [2.24, 2.45) is 0 Å². The van der Waals surface area contributed by atoms with E-state index >= 15 is 0 Å². The molecule has 1 N–H and O–H groups in total. The van der Waals surface area contributed by atoms with Gasteiger partial charge in [-0.25, -0.2) is 0 Å². The van der Waals surface area contributed by atoms with Crippen LogP contribution in [-0.2, 0) is 11.4 Å². The lowest BCUT2D eigenvalue weighted by molar-refractivity contribution is 0.0861. The molecule has 0 heterocycles. The van der Waals surface area contributed by atoms with Crippen LogP contribution in [0.2, 0.25) is 0 Å². The van der Waals surface area contributed by atoms with Crippen molar-refractivity contribution >= 4 is 11.8 Å². The third kappa shape index (κ3) is 3.04. The van der Waals surface area contributed by atoms with Crippen molar-refractivity contribution in [2.75, 3.05) is 27.6 Å². The van der Waals surface area contributed by atoms with E-state index in [1.54, 1.807) is 33.1 Å². The van der Waals surface area contributed by atoms with E-state index in [2.05, 4.69) is 5.48 Å². The molecule has 0 spiro atoms. The topological polar surface area (TPSA) is 39.7 Å². The summed E-state index contributed by atoms with van der Waals surface area (Å²) in [5.41, 5.74) is 3.94. The van der Waals surface area contributed by atoms with Gasteiger partial charge in [0.05, 0.1) is 21.3 Å². The Morgan fingerprint density at radius 2 is 1.75 bits per heavy atom. The summed E-state index contributed by atoms with van der Waals surface area (Å²) in [6.07, 6.45) is 2.03. The van der Waals surface area contributed by atoms with E-state index in [4.69, 9.17) is 14.3 Å². The molecule has 0 atom stereocenters. The van der Waals surface area contributed by atoms with E-state index in [1.807, 2.05) is 18.4 Å². The summed E-state index contributed by atoms with van der Waals surface area (Å²) in [5, 5.41) is 0. The number of hydrogen-bond donors (Lipinski definition) is 1. The fourth-order valence-electron chi connectivity index (χ4n) is 1.38. The van der Waals surface area contributed by atoms with Gasteiger partial charge >= 0.3 is 0 Å². The number of benzene rings is 1. The molecule has 0 radical (unpaired) electrons. The number of hydroxylamine groups is 1. The van der Waals surface area contributed by atoms with Gasteiger partial charge in [0.15, 0.2) is 11.5 Å². The van der Waals surface area contributed by atoms with Gasteiger partial charge in [-0.2, -0.15) is 5.48 Å². The maximum Gasteiger partial charge on any atom is 0.161 e. The van der Waals surface area contributed by atoms with E-state index < -0.39 is 0 Å².